The lowest BCUT2D eigenvalue weighted by Crippen LogP contribution is -2.07. The highest BCUT2D eigenvalue weighted by Crippen LogP contribution is 2.29. The van der Waals surface area contributed by atoms with Crippen LogP contribution in [0.4, 0.5) is 5.69 Å². The van der Waals surface area contributed by atoms with Crippen molar-refractivity contribution in [3.63, 3.8) is 0 Å². The summed E-state index contributed by atoms with van der Waals surface area (Å²) < 4.78 is 6.24. The Morgan fingerprint density at radius 1 is 1.05 bits per heavy atom. The first-order valence-corrected chi connectivity index (χ1v) is 7.48. The largest absolute Gasteiger partial charge is 0.496 e. The van der Waals surface area contributed by atoms with E-state index >= 15 is 0 Å². The van der Waals surface area contributed by atoms with Gasteiger partial charge in [-0.05, 0) is 77.7 Å². The number of hydrogen-bond donors (Lipinski definition) is 1. The molecule has 0 radical (unpaired) electrons. The van der Waals surface area contributed by atoms with Gasteiger partial charge in [-0.2, -0.15) is 0 Å². The highest BCUT2D eigenvalue weighted by Gasteiger charge is 2.08. The Kier molecular flexibility index (Phi) is 4.71. The van der Waals surface area contributed by atoms with Gasteiger partial charge in [0.1, 0.15) is 5.75 Å². The van der Waals surface area contributed by atoms with E-state index in [4.69, 9.17) is 4.74 Å². The van der Waals surface area contributed by atoms with Gasteiger partial charge in [0, 0.05) is 11.7 Å². The maximum absolute atomic E-state index is 5.26. The lowest BCUT2D eigenvalue weighted by molar-refractivity contribution is 0.412. The van der Waals surface area contributed by atoms with Gasteiger partial charge in [-0.25, -0.2) is 0 Å². The van der Waals surface area contributed by atoms with Crippen molar-refractivity contribution >= 4 is 21.6 Å². The summed E-state index contributed by atoms with van der Waals surface area (Å²) in [5.74, 6) is 0.854. The number of benzene rings is 2. The molecule has 1 N–H and O–H groups in total. The zero-order valence-electron chi connectivity index (χ0n) is 12.3. The molecule has 0 aromatic heterocycles. The van der Waals surface area contributed by atoms with Crippen LogP contribution in [-0.4, -0.2) is 7.11 Å². The van der Waals surface area contributed by atoms with Crippen LogP contribution in [0.25, 0.3) is 0 Å². The molecule has 0 bridgehead atoms. The monoisotopic (exact) mass is 333 g/mol. The van der Waals surface area contributed by atoms with Gasteiger partial charge in [-0.1, -0.05) is 12.1 Å². The summed E-state index contributed by atoms with van der Waals surface area (Å²) in [4.78, 5) is 0. The molecule has 0 spiro atoms. The van der Waals surface area contributed by atoms with Crippen LogP contribution in [0.1, 0.15) is 29.7 Å². The molecule has 20 heavy (non-hydrogen) atoms. The molecular formula is C17H20BrNO. The van der Waals surface area contributed by atoms with E-state index in [9.17, 15) is 0 Å². The first-order valence-electron chi connectivity index (χ1n) is 6.68. The maximum atomic E-state index is 5.26. The lowest BCUT2D eigenvalue weighted by atomic mass is 10.1. The Hall–Kier alpha value is -1.48. The molecular weight excluding hydrogens is 314 g/mol. The molecule has 2 aromatic rings. The standard InChI is InChI=1S/C17H20BrNO/c1-11-5-7-15(9-12(11)2)19-13(3)14-6-8-17(20-4)16(18)10-14/h5-10,13,19H,1-4H3. The average molecular weight is 334 g/mol. The van der Waals surface area contributed by atoms with Crippen molar-refractivity contribution in [2.24, 2.45) is 0 Å². The molecule has 0 saturated carbocycles. The molecule has 0 aliphatic heterocycles. The second-order valence-corrected chi connectivity index (χ2v) is 5.91. The van der Waals surface area contributed by atoms with Crippen LogP contribution in [0.5, 0.6) is 5.75 Å². The summed E-state index contributed by atoms with van der Waals surface area (Å²) in [6, 6.07) is 12.9. The molecule has 0 aliphatic carbocycles. The quantitative estimate of drug-likeness (QED) is 0.825. The van der Waals surface area contributed by atoms with Gasteiger partial charge >= 0.3 is 0 Å². The van der Waals surface area contributed by atoms with Crippen LogP contribution in [0, 0.1) is 13.8 Å². The van der Waals surface area contributed by atoms with Gasteiger partial charge in [0.2, 0.25) is 0 Å². The van der Waals surface area contributed by atoms with Crippen LogP contribution in [0.2, 0.25) is 0 Å². The van der Waals surface area contributed by atoms with Gasteiger partial charge in [0.05, 0.1) is 11.6 Å². The van der Waals surface area contributed by atoms with E-state index in [0.717, 1.165) is 15.9 Å². The third-order valence-corrected chi connectivity index (χ3v) is 4.19. The third-order valence-electron chi connectivity index (χ3n) is 3.57. The minimum atomic E-state index is 0.235. The number of hydrogen-bond acceptors (Lipinski definition) is 2. The van der Waals surface area contributed by atoms with Crippen LogP contribution < -0.4 is 10.1 Å². The Morgan fingerprint density at radius 2 is 1.80 bits per heavy atom. The number of aryl methyl sites for hydroxylation is 2. The molecule has 106 valence electrons. The zero-order valence-corrected chi connectivity index (χ0v) is 13.9. The van der Waals surface area contributed by atoms with Gasteiger partial charge in [0.25, 0.3) is 0 Å². The molecule has 1 atom stereocenters. The summed E-state index contributed by atoms with van der Waals surface area (Å²) in [5.41, 5.74) is 4.98. The van der Waals surface area contributed by atoms with E-state index in [-0.39, 0.29) is 6.04 Å². The zero-order chi connectivity index (χ0) is 14.7. The molecule has 0 aliphatic rings. The molecule has 0 saturated heterocycles. The second-order valence-electron chi connectivity index (χ2n) is 5.06. The van der Waals surface area contributed by atoms with Gasteiger partial charge < -0.3 is 10.1 Å². The van der Waals surface area contributed by atoms with Crippen molar-refractivity contribution in [2.75, 3.05) is 12.4 Å². The summed E-state index contributed by atoms with van der Waals surface area (Å²) in [6.45, 7) is 6.42. The Labute approximate surface area is 129 Å². The topological polar surface area (TPSA) is 21.3 Å². The Morgan fingerprint density at radius 3 is 2.40 bits per heavy atom. The van der Waals surface area contributed by atoms with Crippen LogP contribution in [-0.2, 0) is 0 Å². The number of rotatable bonds is 4. The number of anilines is 1. The predicted octanol–water partition coefficient (Wildman–Crippen LogP) is 5.25. The highest BCUT2D eigenvalue weighted by atomic mass is 79.9. The van der Waals surface area contributed by atoms with E-state index in [2.05, 4.69) is 72.3 Å². The van der Waals surface area contributed by atoms with E-state index in [1.807, 2.05) is 6.07 Å². The van der Waals surface area contributed by atoms with Crippen molar-refractivity contribution in [3.8, 4) is 5.75 Å². The average Bonchev–Trinajstić information content (AvgIpc) is 2.42. The van der Waals surface area contributed by atoms with Gasteiger partial charge in [0.15, 0.2) is 0 Å². The normalized spacial score (nSPS) is 12.1. The van der Waals surface area contributed by atoms with Gasteiger partial charge in [-0.3, -0.25) is 0 Å². The first kappa shape index (κ1) is 14.9. The molecule has 3 heteroatoms. The molecule has 0 amide bonds. The van der Waals surface area contributed by atoms with Crippen molar-refractivity contribution in [3.05, 3.63) is 57.6 Å². The van der Waals surface area contributed by atoms with E-state index < -0.39 is 0 Å². The molecule has 1 unspecified atom stereocenters. The van der Waals surface area contributed by atoms with Gasteiger partial charge in [-0.15, -0.1) is 0 Å². The number of nitrogens with one attached hydrogen (secondary N) is 1. The molecule has 0 fully saturated rings. The molecule has 0 heterocycles. The van der Waals surface area contributed by atoms with Crippen LogP contribution >= 0.6 is 15.9 Å². The number of halogens is 1. The second kappa shape index (κ2) is 6.31. The third kappa shape index (κ3) is 3.34. The summed E-state index contributed by atoms with van der Waals surface area (Å²) in [5, 5.41) is 3.53. The summed E-state index contributed by atoms with van der Waals surface area (Å²) >= 11 is 3.53. The van der Waals surface area contributed by atoms with Crippen molar-refractivity contribution in [2.45, 2.75) is 26.8 Å². The van der Waals surface area contributed by atoms with E-state index in [1.54, 1.807) is 7.11 Å². The summed E-state index contributed by atoms with van der Waals surface area (Å²) in [6.07, 6.45) is 0. The number of methoxy groups -OCH3 is 1. The van der Waals surface area contributed by atoms with Crippen molar-refractivity contribution < 1.29 is 4.74 Å². The van der Waals surface area contributed by atoms with E-state index in [0.29, 0.717) is 0 Å². The van der Waals surface area contributed by atoms with Crippen LogP contribution in [0.3, 0.4) is 0 Å². The Bertz CT molecular complexity index is 610. The summed E-state index contributed by atoms with van der Waals surface area (Å²) in [7, 11) is 1.68. The Balaban J connectivity index is 2.17. The fourth-order valence-electron chi connectivity index (χ4n) is 2.12. The SMILES string of the molecule is COc1ccc(C(C)Nc2ccc(C)c(C)c2)cc1Br. The van der Waals surface area contributed by atoms with Crippen LogP contribution in [0.15, 0.2) is 40.9 Å². The fraction of sp³-hybridized carbons (Fsp3) is 0.294. The minimum absolute atomic E-state index is 0.235. The smallest absolute Gasteiger partial charge is 0.133 e. The fourth-order valence-corrected chi connectivity index (χ4v) is 2.67. The van der Waals surface area contributed by atoms with E-state index in [1.165, 1.54) is 16.7 Å². The predicted molar refractivity (Wildman–Crippen MR) is 88.6 cm³/mol. The van der Waals surface area contributed by atoms with Crippen molar-refractivity contribution in [1.29, 1.82) is 0 Å². The highest BCUT2D eigenvalue weighted by molar-refractivity contribution is 9.10. The molecule has 2 nitrogen and oxygen atoms in total. The number of ether oxygens (including phenoxy) is 1. The molecule has 2 aromatic carbocycles. The molecule has 2 rings (SSSR count). The van der Waals surface area contributed by atoms with Crippen molar-refractivity contribution in [1.82, 2.24) is 0 Å². The maximum Gasteiger partial charge on any atom is 0.133 e. The first-order chi connectivity index (χ1) is 9.51. The lowest BCUT2D eigenvalue weighted by Gasteiger charge is -2.17. The minimum Gasteiger partial charge on any atom is -0.496 e.